The van der Waals surface area contributed by atoms with Gasteiger partial charge in [0.2, 0.25) is 0 Å². The molecule has 3 N–H and O–H groups in total. The van der Waals surface area contributed by atoms with Crippen LogP contribution in [0, 0.1) is 5.82 Å². The number of ether oxygens (including phenoxy) is 1. The lowest BCUT2D eigenvalue weighted by Gasteiger charge is -2.18. The minimum absolute atomic E-state index is 0.193. The highest BCUT2D eigenvalue weighted by molar-refractivity contribution is 5.59. The number of halogens is 1. The van der Waals surface area contributed by atoms with Crippen molar-refractivity contribution in [2.24, 2.45) is 0 Å². The topological polar surface area (TPSA) is 73.1 Å². The molecule has 0 unspecified atom stereocenters. The Morgan fingerprint density at radius 3 is 2.48 bits per heavy atom. The molecule has 112 valence electrons. The third kappa shape index (κ3) is 3.59. The number of nitrogen functional groups attached to an aromatic ring is 1. The van der Waals surface area contributed by atoms with Gasteiger partial charge in [0.25, 0.3) is 0 Å². The molecule has 0 amide bonds. The van der Waals surface area contributed by atoms with E-state index < -0.39 is 5.82 Å². The second-order valence-corrected chi connectivity index (χ2v) is 5.73. The van der Waals surface area contributed by atoms with Crippen molar-refractivity contribution < 1.29 is 9.13 Å². The van der Waals surface area contributed by atoms with E-state index >= 15 is 0 Å². The zero-order chi connectivity index (χ0) is 15.6. The molecule has 0 saturated carbocycles. The summed E-state index contributed by atoms with van der Waals surface area (Å²) in [6.45, 7) is 6.00. The van der Waals surface area contributed by atoms with Crippen LogP contribution in [0.4, 0.5) is 21.7 Å². The molecule has 0 bridgehead atoms. The molecule has 0 aliphatic carbocycles. The second-order valence-electron chi connectivity index (χ2n) is 5.73. The minimum Gasteiger partial charge on any atom is -0.494 e. The Morgan fingerprint density at radius 1 is 1.19 bits per heavy atom. The first kappa shape index (κ1) is 15.0. The van der Waals surface area contributed by atoms with Gasteiger partial charge >= 0.3 is 0 Å². The van der Waals surface area contributed by atoms with Crippen molar-refractivity contribution in [3.05, 3.63) is 35.9 Å². The summed E-state index contributed by atoms with van der Waals surface area (Å²) >= 11 is 0. The van der Waals surface area contributed by atoms with Crippen molar-refractivity contribution in [1.82, 2.24) is 9.97 Å². The number of benzene rings is 1. The van der Waals surface area contributed by atoms with Crippen molar-refractivity contribution in [2.75, 3.05) is 18.2 Å². The summed E-state index contributed by atoms with van der Waals surface area (Å²) in [4.78, 5) is 8.64. The van der Waals surface area contributed by atoms with E-state index in [9.17, 15) is 4.39 Å². The van der Waals surface area contributed by atoms with Gasteiger partial charge in [-0.05, 0) is 12.1 Å². The molecule has 6 heteroatoms. The molecule has 1 aromatic carbocycles. The van der Waals surface area contributed by atoms with E-state index in [-0.39, 0.29) is 11.2 Å². The van der Waals surface area contributed by atoms with Crippen LogP contribution < -0.4 is 15.8 Å². The Hall–Kier alpha value is -2.37. The highest BCUT2D eigenvalue weighted by Crippen LogP contribution is 2.25. The van der Waals surface area contributed by atoms with Crippen LogP contribution in [0.2, 0.25) is 0 Å². The summed E-state index contributed by atoms with van der Waals surface area (Å²) in [7, 11) is 1.42. The van der Waals surface area contributed by atoms with Crippen molar-refractivity contribution >= 4 is 17.3 Å². The summed E-state index contributed by atoms with van der Waals surface area (Å²) in [6.07, 6.45) is 0. The lowest BCUT2D eigenvalue weighted by molar-refractivity contribution is 0.386. The van der Waals surface area contributed by atoms with Gasteiger partial charge < -0.3 is 15.8 Å². The van der Waals surface area contributed by atoms with Crippen LogP contribution in [0.25, 0.3) is 0 Å². The Kier molecular flexibility index (Phi) is 3.97. The maximum absolute atomic E-state index is 13.7. The van der Waals surface area contributed by atoms with Crippen molar-refractivity contribution in [3.8, 4) is 5.75 Å². The fourth-order valence-electron chi connectivity index (χ4n) is 1.76. The van der Waals surface area contributed by atoms with E-state index in [0.717, 1.165) is 0 Å². The van der Waals surface area contributed by atoms with Crippen LogP contribution in [-0.4, -0.2) is 17.1 Å². The number of hydrogen-bond acceptors (Lipinski definition) is 5. The molecule has 5 nitrogen and oxygen atoms in total. The van der Waals surface area contributed by atoms with Gasteiger partial charge in [-0.15, -0.1) is 0 Å². The third-order valence-corrected chi connectivity index (χ3v) is 2.84. The third-order valence-electron chi connectivity index (χ3n) is 2.84. The lowest BCUT2D eigenvalue weighted by Crippen LogP contribution is -2.17. The standard InChI is InChI=1S/C15H19FN4O/c1-15(2,3)14-19-12(17)8-13(20-14)18-9-5-6-11(21-4)10(16)7-9/h5-8H,1-4H3,(H3,17,18,19,20). The quantitative estimate of drug-likeness (QED) is 0.907. The predicted octanol–water partition coefficient (Wildman–Crippen LogP) is 3.25. The highest BCUT2D eigenvalue weighted by atomic mass is 19.1. The summed E-state index contributed by atoms with van der Waals surface area (Å²) in [5.74, 6) is 1.26. The molecule has 0 saturated heterocycles. The van der Waals surface area contributed by atoms with Gasteiger partial charge in [0.05, 0.1) is 7.11 Å². The Balaban J connectivity index is 2.31. The molecular formula is C15H19FN4O. The number of rotatable bonds is 3. The predicted molar refractivity (Wildman–Crippen MR) is 81.4 cm³/mol. The smallest absolute Gasteiger partial charge is 0.167 e. The fraction of sp³-hybridized carbons (Fsp3) is 0.333. The van der Waals surface area contributed by atoms with Gasteiger partial charge in [0.15, 0.2) is 11.6 Å². The van der Waals surface area contributed by atoms with E-state index in [1.165, 1.54) is 13.2 Å². The average molecular weight is 290 g/mol. The number of nitrogens with two attached hydrogens (primary N) is 1. The number of hydrogen-bond donors (Lipinski definition) is 2. The average Bonchev–Trinajstić information content (AvgIpc) is 2.37. The second kappa shape index (κ2) is 5.55. The van der Waals surface area contributed by atoms with Crippen LogP contribution in [0.3, 0.4) is 0 Å². The summed E-state index contributed by atoms with van der Waals surface area (Å²) < 4.78 is 18.6. The van der Waals surface area contributed by atoms with Crippen LogP contribution >= 0.6 is 0 Å². The summed E-state index contributed by atoms with van der Waals surface area (Å²) in [5, 5.41) is 3.02. The number of anilines is 3. The van der Waals surface area contributed by atoms with E-state index in [2.05, 4.69) is 15.3 Å². The Bertz CT molecular complexity index is 653. The minimum atomic E-state index is -0.444. The molecule has 0 aliphatic rings. The van der Waals surface area contributed by atoms with Gasteiger partial charge in [-0.1, -0.05) is 20.8 Å². The summed E-state index contributed by atoms with van der Waals surface area (Å²) in [6, 6.07) is 6.20. The number of nitrogens with zero attached hydrogens (tertiary/aromatic N) is 2. The van der Waals surface area contributed by atoms with Gasteiger partial charge in [0, 0.05) is 23.2 Å². The molecule has 1 heterocycles. The monoisotopic (exact) mass is 290 g/mol. The van der Waals surface area contributed by atoms with E-state index in [4.69, 9.17) is 10.5 Å². The SMILES string of the molecule is COc1ccc(Nc2cc(N)nc(C(C)(C)C)n2)cc1F. The molecule has 0 aliphatic heterocycles. The van der Waals surface area contributed by atoms with Gasteiger partial charge in [0.1, 0.15) is 17.5 Å². The maximum atomic E-state index is 13.7. The van der Waals surface area contributed by atoms with Crippen molar-refractivity contribution in [1.29, 1.82) is 0 Å². The Morgan fingerprint density at radius 2 is 1.90 bits per heavy atom. The molecule has 0 fully saturated rings. The van der Waals surface area contributed by atoms with E-state index in [1.54, 1.807) is 18.2 Å². The van der Waals surface area contributed by atoms with E-state index in [1.807, 2.05) is 20.8 Å². The van der Waals surface area contributed by atoms with Crippen LogP contribution in [0.5, 0.6) is 5.75 Å². The van der Waals surface area contributed by atoms with Crippen LogP contribution in [0.1, 0.15) is 26.6 Å². The molecular weight excluding hydrogens is 271 g/mol. The zero-order valence-corrected chi connectivity index (χ0v) is 12.6. The first-order valence-corrected chi connectivity index (χ1v) is 6.55. The molecule has 0 atom stereocenters. The largest absolute Gasteiger partial charge is 0.494 e. The fourth-order valence-corrected chi connectivity index (χ4v) is 1.76. The molecule has 0 spiro atoms. The van der Waals surface area contributed by atoms with E-state index in [0.29, 0.717) is 23.1 Å². The molecule has 2 rings (SSSR count). The van der Waals surface area contributed by atoms with Gasteiger partial charge in [-0.2, -0.15) is 0 Å². The first-order chi connectivity index (χ1) is 9.79. The summed E-state index contributed by atoms with van der Waals surface area (Å²) in [5.41, 5.74) is 6.14. The van der Waals surface area contributed by atoms with Crippen LogP contribution in [0.15, 0.2) is 24.3 Å². The molecule has 1 aromatic heterocycles. The van der Waals surface area contributed by atoms with Crippen LogP contribution in [-0.2, 0) is 5.41 Å². The molecule has 0 radical (unpaired) electrons. The molecule has 21 heavy (non-hydrogen) atoms. The zero-order valence-electron chi connectivity index (χ0n) is 12.6. The maximum Gasteiger partial charge on any atom is 0.167 e. The number of methoxy groups -OCH3 is 1. The molecule has 2 aromatic rings. The van der Waals surface area contributed by atoms with Crippen molar-refractivity contribution in [2.45, 2.75) is 26.2 Å². The lowest BCUT2D eigenvalue weighted by atomic mass is 9.96. The van der Waals surface area contributed by atoms with Gasteiger partial charge in [-0.25, -0.2) is 14.4 Å². The van der Waals surface area contributed by atoms with Gasteiger partial charge in [-0.3, -0.25) is 0 Å². The normalized spacial score (nSPS) is 11.3. The number of aromatic nitrogens is 2. The number of nitrogens with one attached hydrogen (secondary N) is 1. The highest BCUT2D eigenvalue weighted by Gasteiger charge is 2.18. The Labute approximate surface area is 123 Å². The first-order valence-electron chi connectivity index (χ1n) is 6.55. The van der Waals surface area contributed by atoms with Crippen molar-refractivity contribution in [3.63, 3.8) is 0 Å².